The van der Waals surface area contributed by atoms with Gasteiger partial charge in [0.05, 0.1) is 0 Å². The van der Waals surface area contributed by atoms with E-state index in [9.17, 15) is 4.79 Å². The van der Waals surface area contributed by atoms with Crippen LogP contribution >= 0.6 is 0 Å². The van der Waals surface area contributed by atoms with E-state index in [-0.39, 0.29) is 5.91 Å². The third-order valence-corrected chi connectivity index (χ3v) is 3.69. The Kier molecular flexibility index (Phi) is 3.36. The summed E-state index contributed by atoms with van der Waals surface area (Å²) in [5.74, 6) is 0.510. The van der Waals surface area contributed by atoms with Crippen molar-refractivity contribution in [3.8, 4) is 0 Å². The van der Waals surface area contributed by atoms with Gasteiger partial charge in [0.25, 0.3) is 5.91 Å². The SMILES string of the molecule is Cc1cc(C(=O)NC2CCCC2)nc(NC2CC2)n1. The molecule has 2 N–H and O–H groups in total. The van der Waals surface area contributed by atoms with Crippen molar-refractivity contribution in [2.75, 3.05) is 5.32 Å². The van der Waals surface area contributed by atoms with E-state index in [2.05, 4.69) is 20.6 Å². The van der Waals surface area contributed by atoms with E-state index < -0.39 is 0 Å². The first kappa shape index (κ1) is 12.4. The molecule has 1 heterocycles. The number of aryl methyl sites for hydroxylation is 1. The van der Waals surface area contributed by atoms with Crippen molar-refractivity contribution in [1.82, 2.24) is 15.3 Å². The normalized spacial score (nSPS) is 19.4. The second-order valence-electron chi connectivity index (χ2n) is 5.59. The lowest BCUT2D eigenvalue weighted by molar-refractivity contribution is 0.0932. The number of hydrogen-bond donors (Lipinski definition) is 2. The minimum Gasteiger partial charge on any atom is -0.351 e. The number of nitrogens with zero attached hydrogens (tertiary/aromatic N) is 2. The van der Waals surface area contributed by atoms with E-state index >= 15 is 0 Å². The predicted octanol–water partition coefficient (Wildman–Crippen LogP) is 2.03. The molecule has 0 radical (unpaired) electrons. The zero-order chi connectivity index (χ0) is 13.2. The molecule has 5 heteroatoms. The van der Waals surface area contributed by atoms with Crippen LogP contribution in [0.15, 0.2) is 6.07 Å². The monoisotopic (exact) mass is 260 g/mol. The molecule has 0 bridgehead atoms. The number of carbonyl (C=O) groups is 1. The van der Waals surface area contributed by atoms with Gasteiger partial charge in [0.15, 0.2) is 0 Å². The fraction of sp³-hybridized carbons (Fsp3) is 0.643. The molecule has 0 unspecified atom stereocenters. The third-order valence-electron chi connectivity index (χ3n) is 3.69. The van der Waals surface area contributed by atoms with Gasteiger partial charge in [0, 0.05) is 17.8 Å². The number of carbonyl (C=O) groups excluding carboxylic acids is 1. The van der Waals surface area contributed by atoms with Gasteiger partial charge in [0.1, 0.15) is 5.69 Å². The zero-order valence-electron chi connectivity index (χ0n) is 11.3. The minimum atomic E-state index is -0.0729. The van der Waals surface area contributed by atoms with E-state index in [1.165, 1.54) is 25.7 Å². The first-order valence-electron chi connectivity index (χ1n) is 7.14. The molecule has 0 spiro atoms. The third kappa shape index (κ3) is 3.22. The quantitative estimate of drug-likeness (QED) is 0.869. The number of anilines is 1. The molecular formula is C14H20N4O. The molecule has 2 saturated carbocycles. The zero-order valence-corrected chi connectivity index (χ0v) is 11.3. The van der Waals surface area contributed by atoms with Gasteiger partial charge >= 0.3 is 0 Å². The van der Waals surface area contributed by atoms with Gasteiger partial charge in [-0.15, -0.1) is 0 Å². The lowest BCUT2D eigenvalue weighted by Crippen LogP contribution is -2.33. The average molecular weight is 260 g/mol. The van der Waals surface area contributed by atoms with Gasteiger partial charge < -0.3 is 10.6 Å². The summed E-state index contributed by atoms with van der Waals surface area (Å²) in [6.45, 7) is 1.89. The van der Waals surface area contributed by atoms with Crippen molar-refractivity contribution in [2.45, 2.75) is 57.5 Å². The van der Waals surface area contributed by atoms with E-state index in [1.54, 1.807) is 6.07 Å². The smallest absolute Gasteiger partial charge is 0.270 e. The Bertz CT molecular complexity index is 478. The Balaban J connectivity index is 1.70. The highest BCUT2D eigenvalue weighted by molar-refractivity contribution is 5.92. The minimum absolute atomic E-state index is 0.0729. The van der Waals surface area contributed by atoms with Crippen LogP contribution in [0.1, 0.15) is 54.7 Å². The number of amides is 1. The standard InChI is InChI=1S/C14H20N4O/c1-9-8-12(13(19)16-10-4-2-3-5-10)18-14(15-9)17-11-6-7-11/h8,10-11H,2-7H2,1H3,(H,16,19)(H,15,17,18). The molecule has 0 aliphatic heterocycles. The molecule has 1 amide bonds. The molecule has 19 heavy (non-hydrogen) atoms. The van der Waals surface area contributed by atoms with Crippen LogP contribution in [0, 0.1) is 6.92 Å². The fourth-order valence-electron chi connectivity index (χ4n) is 2.49. The topological polar surface area (TPSA) is 66.9 Å². The highest BCUT2D eigenvalue weighted by atomic mass is 16.1. The number of nitrogens with one attached hydrogen (secondary N) is 2. The lowest BCUT2D eigenvalue weighted by atomic mass is 10.2. The van der Waals surface area contributed by atoms with Crippen LogP contribution in [0.4, 0.5) is 5.95 Å². The van der Waals surface area contributed by atoms with Gasteiger partial charge in [-0.3, -0.25) is 4.79 Å². The highest BCUT2D eigenvalue weighted by Gasteiger charge is 2.23. The molecule has 1 aromatic heterocycles. The van der Waals surface area contributed by atoms with Crippen molar-refractivity contribution in [1.29, 1.82) is 0 Å². The van der Waals surface area contributed by atoms with Gasteiger partial charge in [-0.05, 0) is 38.7 Å². The van der Waals surface area contributed by atoms with Crippen LogP contribution in [-0.2, 0) is 0 Å². The molecule has 2 aliphatic carbocycles. The maximum atomic E-state index is 12.2. The predicted molar refractivity (Wildman–Crippen MR) is 73.1 cm³/mol. The summed E-state index contributed by atoms with van der Waals surface area (Å²) in [6.07, 6.45) is 6.93. The molecule has 2 fully saturated rings. The molecule has 0 saturated heterocycles. The molecule has 0 atom stereocenters. The van der Waals surface area contributed by atoms with Gasteiger partial charge in [0.2, 0.25) is 5.95 Å². The lowest BCUT2D eigenvalue weighted by Gasteiger charge is -2.12. The summed E-state index contributed by atoms with van der Waals surface area (Å²) in [6, 6.07) is 2.57. The molecule has 0 aromatic carbocycles. The summed E-state index contributed by atoms with van der Waals surface area (Å²) in [7, 11) is 0. The first-order chi connectivity index (χ1) is 9.20. The van der Waals surface area contributed by atoms with Gasteiger partial charge in [-0.1, -0.05) is 12.8 Å². The second-order valence-corrected chi connectivity index (χ2v) is 5.59. The summed E-state index contributed by atoms with van der Waals surface area (Å²) < 4.78 is 0. The molecule has 5 nitrogen and oxygen atoms in total. The van der Waals surface area contributed by atoms with E-state index in [4.69, 9.17) is 0 Å². The summed E-state index contributed by atoms with van der Waals surface area (Å²) in [4.78, 5) is 20.8. The van der Waals surface area contributed by atoms with Crippen LogP contribution < -0.4 is 10.6 Å². The Morgan fingerprint density at radius 1 is 1.16 bits per heavy atom. The maximum Gasteiger partial charge on any atom is 0.270 e. The molecule has 3 rings (SSSR count). The molecule has 102 valence electrons. The van der Waals surface area contributed by atoms with Crippen molar-refractivity contribution >= 4 is 11.9 Å². The molecular weight excluding hydrogens is 240 g/mol. The second kappa shape index (κ2) is 5.15. The van der Waals surface area contributed by atoms with Crippen LogP contribution in [0.25, 0.3) is 0 Å². The molecule has 1 aromatic rings. The number of rotatable bonds is 4. The van der Waals surface area contributed by atoms with Gasteiger partial charge in [-0.2, -0.15) is 0 Å². The first-order valence-corrected chi connectivity index (χ1v) is 7.14. The Morgan fingerprint density at radius 2 is 1.89 bits per heavy atom. The van der Waals surface area contributed by atoms with Gasteiger partial charge in [-0.25, -0.2) is 9.97 Å². The van der Waals surface area contributed by atoms with E-state index in [0.717, 1.165) is 18.5 Å². The van der Waals surface area contributed by atoms with Crippen LogP contribution in [0.3, 0.4) is 0 Å². The van der Waals surface area contributed by atoms with Crippen molar-refractivity contribution < 1.29 is 4.79 Å². The van der Waals surface area contributed by atoms with E-state index in [0.29, 0.717) is 23.7 Å². The summed E-state index contributed by atoms with van der Waals surface area (Å²) in [5, 5.41) is 6.30. The van der Waals surface area contributed by atoms with Crippen molar-refractivity contribution in [3.63, 3.8) is 0 Å². The maximum absolute atomic E-state index is 12.2. The van der Waals surface area contributed by atoms with Crippen LogP contribution in [0.5, 0.6) is 0 Å². The Hall–Kier alpha value is -1.65. The summed E-state index contributed by atoms with van der Waals surface area (Å²) >= 11 is 0. The Labute approximate surface area is 113 Å². The fourth-order valence-corrected chi connectivity index (χ4v) is 2.49. The van der Waals surface area contributed by atoms with E-state index in [1.807, 2.05) is 6.92 Å². The summed E-state index contributed by atoms with van der Waals surface area (Å²) in [5.41, 5.74) is 1.30. The van der Waals surface area contributed by atoms with Crippen LogP contribution in [0.2, 0.25) is 0 Å². The Morgan fingerprint density at radius 3 is 2.58 bits per heavy atom. The molecule has 2 aliphatic rings. The largest absolute Gasteiger partial charge is 0.351 e. The average Bonchev–Trinajstić information content (AvgIpc) is 3.03. The van der Waals surface area contributed by atoms with Crippen molar-refractivity contribution in [3.05, 3.63) is 17.5 Å². The number of hydrogen-bond acceptors (Lipinski definition) is 4. The number of aromatic nitrogens is 2. The van der Waals surface area contributed by atoms with Crippen molar-refractivity contribution in [2.24, 2.45) is 0 Å². The van der Waals surface area contributed by atoms with Crippen LogP contribution in [-0.4, -0.2) is 28.0 Å². The highest BCUT2D eigenvalue weighted by Crippen LogP contribution is 2.23.